The number of nitrogens with one attached hydrogen (secondary N) is 1. The molecule has 0 aliphatic carbocycles. The van der Waals surface area contributed by atoms with Crippen molar-refractivity contribution in [3.8, 4) is 5.75 Å². The van der Waals surface area contributed by atoms with Crippen LogP contribution in [0, 0.1) is 5.92 Å². The van der Waals surface area contributed by atoms with Crippen LogP contribution in [0.5, 0.6) is 5.75 Å². The lowest BCUT2D eigenvalue weighted by molar-refractivity contribution is -0.126. The summed E-state index contributed by atoms with van der Waals surface area (Å²) in [6.45, 7) is 6.81. The van der Waals surface area contributed by atoms with Crippen molar-refractivity contribution in [3.05, 3.63) is 29.8 Å². The van der Waals surface area contributed by atoms with Crippen LogP contribution in [0.4, 0.5) is 0 Å². The van der Waals surface area contributed by atoms with E-state index >= 15 is 0 Å². The third-order valence-corrected chi connectivity index (χ3v) is 4.24. The zero-order valence-corrected chi connectivity index (χ0v) is 13.5. The molecule has 1 aliphatic rings. The summed E-state index contributed by atoms with van der Waals surface area (Å²) < 4.78 is 5.87. The number of hydrazine groups is 1. The van der Waals surface area contributed by atoms with Gasteiger partial charge in [0.05, 0.1) is 12.0 Å². The van der Waals surface area contributed by atoms with Gasteiger partial charge in [0.1, 0.15) is 5.75 Å². The summed E-state index contributed by atoms with van der Waals surface area (Å²) in [7, 11) is 0. The van der Waals surface area contributed by atoms with E-state index in [9.17, 15) is 4.79 Å². The number of nitrogens with two attached hydrogens (primary N) is 1. The summed E-state index contributed by atoms with van der Waals surface area (Å²) in [5.41, 5.74) is 3.49. The summed E-state index contributed by atoms with van der Waals surface area (Å²) in [4.78, 5) is 14.0. The summed E-state index contributed by atoms with van der Waals surface area (Å²) in [5.74, 6) is 6.10. The number of amides is 1. The Kier molecular flexibility index (Phi) is 6.21. The van der Waals surface area contributed by atoms with Crippen LogP contribution in [0.2, 0.25) is 0 Å². The van der Waals surface area contributed by atoms with Gasteiger partial charge in [-0.2, -0.15) is 0 Å². The zero-order valence-electron chi connectivity index (χ0n) is 13.5. The number of benzene rings is 1. The maximum atomic E-state index is 11.7. The first-order valence-electron chi connectivity index (χ1n) is 8.10. The minimum Gasteiger partial charge on any atom is -0.491 e. The monoisotopic (exact) mass is 305 g/mol. The molecule has 1 amide bonds. The lowest BCUT2D eigenvalue weighted by Gasteiger charge is -2.31. The molecule has 1 saturated heterocycles. The normalized spacial score (nSPS) is 20.4. The predicted molar refractivity (Wildman–Crippen MR) is 87.2 cm³/mol. The molecule has 122 valence electrons. The highest BCUT2D eigenvalue weighted by atomic mass is 16.5. The van der Waals surface area contributed by atoms with Gasteiger partial charge in [-0.3, -0.25) is 15.1 Å². The van der Waals surface area contributed by atoms with Crippen LogP contribution < -0.4 is 16.0 Å². The standard InChI is InChI=1S/C17H27N3O2/c1-3-13(2)22-16-8-4-6-14(10-16)11-20-9-5-7-15(12-20)17(21)19-18/h4,6,8,10,13,15H,3,5,7,9,11-12,18H2,1-2H3,(H,19,21). The molecular weight excluding hydrogens is 278 g/mol. The van der Waals surface area contributed by atoms with Crippen molar-refractivity contribution in [1.82, 2.24) is 10.3 Å². The Bertz CT molecular complexity index is 493. The molecule has 1 aromatic rings. The quantitative estimate of drug-likeness (QED) is 0.479. The van der Waals surface area contributed by atoms with Crippen LogP contribution in [-0.4, -0.2) is 30.0 Å². The van der Waals surface area contributed by atoms with Crippen molar-refractivity contribution < 1.29 is 9.53 Å². The molecule has 0 radical (unpaired) electrons. The second-order valence-electron chi connectivity index (χ2n) is 6.07. The first-order valence-corrected chi connectivity index (χ1v) is 8.10. The van der Waals surface area contributed by atoms with Gasteiger partial charge < -0.3 is 4.74 Å². The summed E-state index contributed by atoms with van der Waals surface area (Å²) in [6, 6.07) is 8.23. The molecule has 0 bridgehead atoms. The van der Waals surface area contributed by atoms with Crippen LogP contribution in [0.1, 0.15) is 38.7 Å². The third-order valence-electron chi connectivity index (χ3n) is 4.24. The topological polar surface area (TPSA) is 67.6 Å². The Hall–Kier alpha value is -1.59. The number of likely N-dealkylation sites (tertiary alicyclic amines) is 1. The lowest BCUT2D eigenvalue weighted by Crippen LogP contribution is -2.44. The van der Waals surface area contributed by atoms with Crippen molar-refractivity contribution in [2.75, 3.05) is 13.1 Å². The molecule has 0 spiro atoms. The molecule has 0 saturated carbocycles. The number of ether oxygens (including phenoxy) is 1. The zero-order chi connectivity index (χ0) is 15.9. The molecule has 5 nitrogen and oxygen atoms in total. The molecule has 1 fully saturated rings. The Morgan fingerprint density at radius 3 is 3.09 bits per heavy atom. The van der Waals surface area contributed by atoms with E-state index < -0.39 is 0 Å². The first kappa shape index (κ1) is 16.8. The largest absolute Gasteiger partial charge is 0.491 e. The fraction of sp³-hybridized carbons (Fsp3) is 0.588. The Labute approximate surface area is 132 Å². The van der Waals surface area contributed by atoms with E-state index in [1.54, 1.807) is 0 Å². The minimum atomic E-state index is -0.0569. The van der Waals surface area contributed by atoms with Crippen molar-refractivity contribution >= 4 is 5.91 Å². The molecule has 1 heterocycles. The molecule has 3 N–H and O–H groups in total. The van der Waals surface area contributed by atoms with Crippen molar-refractivity contribution in [3.63, 3.8) is 0 Å². The van der Waals surface area contributed by atoms with Crippen LogP contribution in [0.25, 0.3) is 0 Å². The van der Waals surface area contributed by atoms with Gasteiger partial charge in [0, 0.05) is 13.1 Å². The van der Waals surface area contributed by atoms with Gasteiger partial charge in [-0.15, -0.1) is 0 Å². The van der Waals surface area contributed by atoms with E-state index in [-0.39, 0.29) is 17.9 Å². The molecule has 1 aliphatic heterocycles. The molecule has 2 unspecified atom stereocenters. The summed E-state index contributed by atoms with van der Waals surface area (Å²) >= 11 is 0. The van der Waals surface area contributed by atoms with Gasteiger partial charge in [-0.1, -0.05) is 19.1 Å². The highest BCUT2D eigenvalue weighted by molar-refractivity contribution is 5.78. The van der Waals surface area contributed by atoms with Crippen molar-refractivity contribution in [2.24, 2.45) is 11.8 Å². The lowest BCUT2D eigenvalue weighted by atomic mass is 9.97. The van der Waals surface area contributed by atoms with E-state index in [0.29, 0.717) is 0 Å². The number of hydrogen-bond acceptors (Lipinski definition) is 4. The Morgan fingerprint density at radius 1 is 1.55 bits per heavy atom. The summed E-state index contributed by atoms with van der Waals surface area (Å²) in [5, 5.41) is 0. The first-order chi connectivity index (χ1) is 10.6. The van der Waals surface area contributed by atoms with Gasteiger partial charge in [0.25, 0.3) is 0 Å². The van der Waals surface area contributed by atoms with Crippen LogP contribution in [0.3, 0.4) is 0 Å². The fourth-order valence-corrected chi connectivity index (χ4v) is 2.82. The molecule has 1 aromatic carbocycles. The second-order valence-corrected chi connectivity index (χ2v) is 6.07. The maximum absolute atomic E-state index is 11.7. The number of carbonyl (C=O) groups is 1. The van der Waals surface area contributed by atoms with E-state index in [0.717, 1.165) is 44.6 Å². The van der Waals surface area contributed by atoms with Gasteiger partial charge in [0.2, 0.25) is 5.91 Å². The number of hydrogen-bond donors (Lipinski definition) is 2. The van der Waals surface area contributed by atoms with E-state index in [1.165, 1.54) is 5.56 Å². The number of nitrogens with zero attached hydrogens (tertiary/aromatic N) is 1. The van der Waals surface area contributed by atoms with Crippen molar-refractivity contribution in [2.45, 2.75) is 45.8 Å². The molecule has 2 rings (SSSR count). The van der Waals surface area contributed by atoms with Crippen LogP contribution in [0.15, 0.2) is 24.3 Å². The molecule has 22 heavy (non-hydrogen) atoms. The van der Waals surface area contributed by atoms with Crippen molar-refractivity contribution in [1.29, 1.82) is 0 Å². The molecule has 2 atom stereocenters. The highest BCUT2D eigenvalue weighted by Crippen LogP contribution is 2.21. The average Bonchev–Trinajstić information content (AvgIpc) is 2.54. The van der Waals surface area contributed by atoms with Gasteiger partial charge in [-0.05, 0) is 50.4 Å². The minimum absolute atomic E-state index is 0.00158. The maximum Gasteiger partial charge on any atom is 0.238 e. The van der Waals surface area contributed by atoms with E-state index in [1.807, 2.05) is 12.1 Å². The fourth-order valence-electron chi connectivity index (χ4n) is 2.82. The Morgan fingerprint density at radius 2 is 2.36 bits per heavy atom. The third kappa shape index (κ3) is 4.71. The van der Waals surface area contributed by atoms with Gasteiger partial charge >= 0.3 is 0 Å². The smallest absolute Gasteiger partial charge is 0.238 e. The number of carbonyl (C=O) groups excluding carboxylic acids is 1. The molecule has 0 aromatic heterocycles. The van der Waals surface area contributed by atoms with Crippen LogP contribution >= 0.6 is 0 Å². The number of piperidine rings is 1. The van der Waals surface area contributed by atoms with Gasteiger partial charge in [-0.25, -0.2) is 5.84 Å². The summed E-state index contributed by atoms with van der Waals surface area (Å²) in [6.07, 6.45) is 3.16. The molecular formula is C17H27N3O2. The average molecular weight is 305 g/mol. The Balaban J connectivity index is 1.95. The SMILES string of the molecule is CCC(C)Oc1cccc(CN2CCCC(C(=O)NN)C2)c1. The van der Waals surface area contributed by atoms with Gasteiger partial charge in [0.15, 0.2) is 0 Å². The second kappa shape index (κ2) is 8.15. The predicted octanol–water partition coefficient (Wildman–Crippen LogP) is 2.07. The van der Waals surface area contributed by atoms with E-state index in [2.05, 4.69) is 36.3 Å². The van der Waals surface area contributed by atoms with Crippen LogP contribution in [-0.2, 0) is 11.3 Å². The van der Waals surface area contributed by atoms with E-state index in [4.69, 9.17) is 10.6 Å². The highest BCUT2D eigenvalue weighted by Gasteiger charge is 2.25. The molecule has 5 heteroatoms. The number of rotatable bonds is 6.